The average molecular weight is 338 g/mol. The molecule has 2 bridgehead atoms. The van der Waals surface area contributed by atoms with Crippen molar-refractivity contribution in [3.8, 4) is 22.5 Å². The molecular weight excluding hydrogens is 316 g/mol. The third kappa shape index (κ3) is 2.18. The van der Waals surface area contributed by atoms with Gasteiger partial charge in [0.1, 0.15) is 0 Å². The van der Waals surface area contributed by atoms with Gasteiger partial charge >= 0.3 is 0 Å². The summed E-state index contributed by atoms with van der Waals surface area (Å²) in [6.07, 6.45) is 2.47. The predicted molar refractivity (Wildman–Crippen MR) is 106 cm³/mol. The Labute approximate surface area is 154 Å². The summed E-state index contributed by atoms with van der Waals surface area (Å²) in [6, 6.07) is 21.1. The van der Waals surface area contributed by atoms with Crippen molar-refractivity contribution in [3.05, 3.63) is 82.9 Å². The third-order valence-electron chi connectivity index (χ3n) is 5.91. The van der Waals surface area contributed by atoms with E-state index in [4.69, 9.17) is 10.2 Å². The SMILES string of the molecule is CC(C)=C1C2CCC1c1c(-c3ccccc3)nnc(-c3ccccc3)c12. The Morgan fingerprint density at radius 2 is 1.12 bits per heavy atom. The van der Waals surface area contributed by atoms with Crippen molar-refractivity contribution in [2.24, 2.45) is 0 Å². The fourth-order valence-electron chi connectivity index (χ4n) is 4.97. The molecule has 1 fully saturated rings. The molecule has 2 atom stereocenters. The summed E-state index contributed by atoms with van der Waals surface area (Å²) in [5, 5.41) is 9.47. The highest BCUT2D eigenvalue weighted by molar-refractivity contribution is 5.77. The summed E-state index contributed by atoms with van der Waals surface area (Å²) < 4.78 is 0. The first kappa shape index (κ1) is 15.5. The minimum atomic E-state index is 0.508. The van der Waals surface area contributed by atoms with Crippen LogP contribution in [0.4, 0.5) is 0 Å². The molecule has 2 aliphatic rings. The van der Waals surface area contributed by atoms with Crippen LogP contribution in [0.1, 0.15) is 49.7 Å². The summed E-state index contributed by atoms with van der Waals surface area (Å²) in [7, 11) is 0. The van der Waals surface area contributed by atoms with E-state index in [9.17, 15) is 0 Å². The Balaban J connectivity index is 1.81. The molecule has 0 aliphatic heterocycles. The van der Waals surface area contributed by atoms with E-state index >= 15 is 0 Å². The molecule has 2 aliphatic carbocycles. The van der Waals surface area contributed by atoms with E-state index in [1.807, 2.05) is 0 Å². The Morgan fingerprint density at radius 1 is 0.692 bits per heavy atom. The van der Waals surface area contributed by atoms with E-state index in [0.29, 0.717) is 11.8 Å². The first-order valence-electron chi connectivity index (χ1n) is 9.44. The van der Waals surface area contributed by atoms with Gasteiger partial charge in [0.15, 0.2) is 0 Å². The monoisotopic (exact) mass is 338 g/mol. The molecule has 1 heterocycles. The predicted octanol–water partition coefficient (Wildman–Crippen LogP) is 6.12. The van der Waals surface area contributed by atoms with Crippen molar-refractivity contribution in [1.82, 2.24) is 10.2 Å². The number of hydrogen-bond acceptors (Lipinski definition) is 2. The Morgan fingerprint density at radius 3 is 1.50 bits per heavy atom. The van der Waals surface area contributed by atoms with Gasteiger partial charge in [0.25, 0.3) is 0 Å². The van der Waals surface area contributed by atoms with Crippen LogP contribution in [0, 0.1) is 0 Å². The zero-order valence-corrected chi connectivity index (χ0v) is 15.2. The lowest BCUT2D eigenvalue weighted by Gasteiger charge is -2.20. The second-order valence-corrected chi connectivity index (χ2v) is 7.59. The maximum Gasteiger partial charge on any atom is 0.0971 e. The van der Waals surface area contributed by atoms with Gasteiger partial charge in [0, 0.05) is 23.0 Å². The van der Waals surface area contributed by atoms with Crippen LogP contribution in [0.25, 0.3) is 22.5 Å². The average Bonchev–Trinajstić information content (AvgIpc) is 3.26. The normalized spacial score (nSPS) is 20.3. The Bertz CT molecular complexity index is 923. The molecule has 2 nitrogen and oxygen atoms in total. The molecule has 0 spiro atoms. The van der Waals surface area contributed by atoms with Gasteiger partial charge in [-0.25, -0.2) is 0 Å². The smallest absolute Gasteiger partial charge is 0.0971 e. The molecule has 2 heteroatoms. The summed E-state index contributed by atoms with van der Waals surface area (Å²) in [6.45, 7) is 4.52. The quantitative estimate of drug-likeness (QED) is 0.526. The van der Waals surface area contributed by atoms with Crippen LogP contribution < -0.4 is 0 Å². The second kappa shape index (κ2) is 5.91. The van der Waals surface area contributed by atoms with Gasteiger partial charge in [0.2, 0.25) is 0 Å². The summed E-state index contributed by atoms with van der Waals surface area (Å²) in [4.78, 5) is 0. The molecule has 0 amide bonds. The van der Waals surface area contributed by atoms with Crippen LogP contribution >= 0.6 is 0 Å². The molecular formula is C24H22N2. The molecule has 2 aromatic carbocycles. The van der Waals surface area contributed by atoms with Crippen molar-refractivity contribution >= 4 is 0 Å². The van der Waals surface area contributed by atoms with Crippen molar-refractivity contribution in [3.63, 3.8) is 0 Å². The summed E-state index contributed by atoms with van der Waals surface area (Å²) in [5.41, 5.74) is 10.4. The first-order valence-corrected chi connectivity index (χ1v) is 9.44. The molecule has 1 aromatic heterocycles. The number of allylic oxidation sites excluding steroid dienone is 2. The lowest BCUT2D eigenvalue weighted by atomic mass is 9.86. The lowest BCUT2D eigenvalue weighted by Crippen LogP contribution is -2.07. The number of hydrogen-bond donors (Lipinski definition) is 0. The zero-order chi connectivity index (χ0) is 17.7. The standard InChI is InChI=1S/C24H22N2/c1-15(2)20-18-13-14-19(20)22-21(18)23(16-9-5-3-6-10-16)25-26-24(22)17-11-7-4-8-12-17/h3-12,18-19H,13-14H2,1-2H3. The molecule has 0 saturated heterocycles. The fraction of sp³-hybridized carbons (Fsp3) is 0.250. The van der Waals surface area contributed by atoms with E-state index in [1.165, 1.54) is 40.7 Å². The molecule has 26 heavy (non-hydrogen) atoms. The van der Waals surface area contributed by atoms with E-state index in [-0.39, 0.29) is 0 Å². The molecule has 1 saturated carbocycles. The highest BCUT2D eigenvalue weighted by atomic mass is 15.1. The second-order valence-electron chi connectivity index (χ2n) is 7.59. The van der Waals surface area contributed by atoms with Crippen LogP contribution in [0.2, 0.25) is 0 Å². The van der Waals surface area contributed by atoms with E-state index in [2.05, 4.69) is 74.5 Å². The van der Waals surface area contributed by atoms with Crippen LogP contribution in [-0.4, -0.2) is 10.2 Å². The number of fused-ring (bicyclic) bond motifs is 5. The molecule has 2 unspecified atom stereocenters. The number of nitrogens with zero attached hydrogens (tertiary/aromatic N) is 2. The topological polar surface area (TPSA) is 25.8 Å². The minimum Gasteiger partial charge on any atom is -0.150 e. The Hall–Kier alpha value is -2.74. The number of benzene rings is 2. The van der Waals surface area contributed by atoms with Gasteiger partial charge in [-0.2, -0.15) is 0 Å². The van der Waals surface area contributed by atoms with Gasteiger partial charge in [-0.15, -0.1) is 10.2 Å². The van der Waals surface area contributed by atoms with Crippen molar-refractivity contribution in [2.45, 2.75) is 38.5 Å². The third-order valence-corrected chi connectivity index (χ3v) is 5.91. The minimum absolute atomic E-state index is 0.508. The zero-order valence-electron chi connectivity index (χ0n) is 15.2. The van der Waals surface area contributed by atoms with Crippen molar-refractivity contribution in [2.75, 3.05) is 0 Å². The molecule has 128 valence electrons. The maximum atomic E-state index is 4.74. The highest BCUT2D eigenvalue weighted by Gasteiger charge is 2.45. The van der Waals surface area contributed by atoms with Crippen LogP contribution in [0.5, 0.6) is 0 Å². The Kier molecular flexibility index (Phi) is 3.53. The first-order chi connectivity index (χ1) is 12.8. The van der Waals surface area contributed by atoms with Crippen LogP contribution in [-0.2, 0) is 0 Å². The lowest BCUT2D eigenvalue weighted by molar-refractivity contribution is 0.709. The van der Waals surface area contributed by atoms with Gasteiger partial charge in [-0.1, -0.05) is 71.8 Å². The largest absolute Gasteiger partial charge is 0.150 e. The van der Waals surface area contributed by atoms with E-state index < -0.39 is 0 Å². The number of aromatic nitrogens is 2. The number of rotatable bonds is 2. The van der Waals surface area contributed by atoms with Crippen LogP contribution in [0.15, 0.2) is 71.8 Å². The van der Waals surface area contributed by atoms with Crippen LogP contribution in [0.3, 0.4) is 0 Å². The van der Waals surface area contributed by atoms with Gasteiger partial charge in [-0.3, -0.25) is 0 Å². The summed E-state index contributed by atoms with van der Waals surface area (Å²) >= 11 is 0. The molecule has 0 radical (unpaired) electrons. The van der Waals surface area contributed by atoms with Crippen molar-refractivity contribution in [1.29, 1.82) is 0 Å². The maximum absolute atomic E-state index is 4.74. The highest BCUT2D eigenvalue weighted by Crippen LogP contribution is 2.61. The van der Waals surface area contributed by atoms with E-state index in [1.54, 1.807) is 5.57 Å². The molecule has 0 N–H and O–H groups in total. The van der Waals surface area contributed by atoms with Gasteiger partial charge in [0.05, 0.1) is 11.4 Å². The van der Waals surface area contributed by atoms with E-state index in [0.717, 1.165) is 11.4 Å². The fourth-order valence-corrected chi connectivity index (χ4v) is 4.97. The molecule has 5 rings (SSSR count). The molecule has 3 aromatic rings. The van der Waals surface area contributed by atoms with Gasteiger partial charge < -0.3 is 0 Å². The summed E-state index contributed by atoms with van der Waals surface area (Å²) in [5.74, 6) is 1.02. The van der Waals surface area contributed by atoms with Crippen molar-refractivity contribution < 1.29 is 0 Å². The van der Waals surface area contributed by atoms with Gasteiger partial charge in [-0.05, 0) is 37.8 Å².